The second-order valence-corrected chi connectivity index (χ2v) is 8.03. The average molecular weight is 449 g/mol. The molecule has 7 heteroatoms. The van der Waals surface area contributed by atoms with E-state index >= 15 is 0 Å². The number of aromatic amines is 1. The van der Waals surface area contributed by atoms with Crippen LogP contribution in [0.2, 0.25) is 5.02 Å². The van der Waals surface area contributed by atoms with Gasteiger partial charge in [0.1, 0.15) is 18.0 Å². The third kappa shape index (κ3) is 4.82. The molecule has 0 saturated heterocycles. The molecule has 164 valence electrons. The Bertz CT molecular complexity index is 1220. The van der Waals surface area contributed by atoms with E-state index in [1.54, 1.807) is 12.1 Å². The number of aromatic nitrogens is 3. The van der Waals surface area contributed by atoms with Crippen molar-refractivity contribution in [1.82, 2.24) is 15.0 Å². The number of fused-ring (bicyclic) bond motifs is 1. The van der Waals surface area contributed by atoms with Crippen molar-refractivity contribution in [1.29, 1.82) is 5.41 Å². The van der Waals surface area contributed by atoms with Crippen LogP contribution in [-0.2, 0) is 6.61 Å². The van der Waals surface area contributed by atoms with Gasteiger partial charge in [0.2, 0.25) is 0 Å². The number of halogens is 1. The molecule has 6 nitrogen and oxygen atoms in total. The van der Waals surface area contributed by atoms with E-state index < -0.39 is 0 Å². The summed E-state index contributed by atoms with van der Waals surface area (Å²) in [6.07, 6.45) is 1.28. The van der Waals surface area contributed by atoms with Crippen molar-refractivity contribution >= 4 is 28.3 Å². The van der Waals surface area contributed by atoms with Crippen LogP contribution in [0.15, 0.2) is 60.7 Å². The molecule has 0 amide bonds. The third-order valence-corrected chi connectivity index (χ3v) is 5.63. The summed E-state index contributed by atoms with van der Waals surface area (Å²) in [5.41, 5.74) is 3.35. The summed E-state index contributed by atoms with van der Waals surface area (Å²) >= 11 is 6.04. The van der Waals surface area contributed by atoms with Crippen LogP contribution < -0.4 is 4.74 Å². The molecule has 0 bridgehead atoms. The summed E-state index contributed by atoms with van der Waals surface area (Å²) in [6, 6.07) is 18.9. The van der Waals surface area contributed by atoms with Gasteiger partial charge >= 0.3 is 0 Å². The van der Waals surface area contributed by atoms with E-state index in [1.807, 2.05) is 55.5 Å². The third-order valence-electron chi connectivity index (χ3n) is 5.40. The van der Waals surface area contributed by atoms with Crippen molar-refractivity contribution in [3.8, 4) is 17.1 Å². The Morgan fingerprint density at radius 2 is 1.94 bits per heavy atom. The van der Waals surface area contributed by atoms with Gasteiger partial charge < -0.3 is 20.2 Å². The maximum atomic E-state index is 9.45. The Labute approximate surface area is 191 Å². The van der Waals surface area contributed by atoms with Gasteiger partial charge in [0, 0.05) is 28.5 Å². The van der Waals surface area contributed by atoms with Crippen LogP contribution in [0, 0.1) is 11.3 Å². The van der Waals surface area contributed by atoms with Gasteiger partial charge in [-0.05, 0) is 37.1 Å². The molecule has 1 unspecified atom stereocenters. The molecule has 2 heterocycles. The van der Waals surface area contributed by atoms with E-state index in [1.165, 1.54) is 0 Å². The molecule has 4 rings (SSSR count). The van der Waals surface area contributed by atoms with Gasteiger partial charge in [-0.2, -0.15) is 0 Å². The smallest absolute Gasteiger partial charge is 0.162 e. The van der Waals surface area contributed by atoms with E-state index in [9.17, 15) is 5.11 Å². The second kappa shape index (κ2) is 9.94. The van der Waals surface area contributed by atoms with Gasteiger partial charge in [-0.1, -0.05) is 54.9 Å². The SMILES string of the molecule is CCC(CCO)C(=N)c1nc(-c2ccccc2)nc2[nH]c(COc3cccc(Cl)c3)cc12. The number of aliphatic hydroxyl groups is 1. The van der Waals surface area contributed by atoms with Crippen LogP contribution >= 0.6 is 11.6 Å². The number of benzene rings is 2. The van der Waals surface area contributed by atoms with Crippen LogP contribution in [0.25, 0.3) is 22.4 Å². The van der Waals surface area contributed by atoms with Crippen molar-refractivity contribution < 1.29 is 9.84 Å². The Morgan fingerprint density at radius 3 is 2.66 bits per heavy atom. The first-order valence-electron chi connectivity index (χ1n) is 10.6. The van der Waals surface area contributed by atoms with E-state index in [4.69, 9.17) is 31.7 Å². The van der Waals surface area contributed by atoms with Crippen molar-refractivity contribution in [3.63, 3.8) is 0 Å². The Morgan fingerprint density at radius 1 is 1.12 bits per heavy atom. The zero-order valence-corrected chi connectivity index (χ0v) is 18.6. The van der Waals surface area contributed by atoms with Gasteiger partial charge in [-0.25, -0.2) is 9.97 Å². The molecular weight excluding hydrogens is 424 g/mol. The van der Waals surface area contributed by atoms with Crippen LogP contribution in [0.3, 0.4) is 0 Å². The monoisotopic (exact) mass is 448 g/mol. The van der Waals surface area contributed by atoms with Crippen LogP contribution in [0.5, 0.6) is 5.75 Å². The molecule has 0 aliphatic carbocycles. The maximum absolute atomic E-state index is 9.45. The number of aliphatic hydroxyl groups excluding tert-OH is 1. The topological polar surface area (TPSA) is 94.9 Å². The molecule has 1 atom stereocenters. The number of rotatable bonds is 9. The first-order valence-corrected chi connectivity index (χ1v) is 11.0. The molecule has 3 N–H and O–H groups in total. The molecule has 32 heavy (non-hydrogen) atoms. The van der Waals surface area contributed by atoms with Gasteiger partial charge in [0.25, 0.3) is 0 Å². The van der Waals surface area contributed by atoms with Crippen LogP contribution in [0.4, 0.5) is 0 Å². The average Bonchev–Trinajstić information content (AvgIpc) is 3.24. The molecule has 2 aromatic heterocycles. The number of ether oxygens (including phenoxy) is 1. The quantitative estimate of drug-likeness (QED) is 0.289. The van der Waals surface area contributed by atoms with Crippen LogP contribution in [-0.4, -0.2) is 32.4 Å². The fourth-order valence-electron chi connectivity index (χ4n) is 3.68. The predicted octanol–water partition coefficient (Wildman–Crippen LogP) is 5.63. The van der Waals surface area contributed by atoms with Gasteiger partial charge in [0.05, 0.1) is 17.1 Å². The van der Waals surface area contributed by atoms with Crippen molar-refractivity contribution in [2.45, 2.75) is 26.4 Å². The fraction of sp³-hybridized carbons (Fsp3) is 0.240. The zero-order chi connectivity index (χ0) is 22.5. The number of nitrogens with zero attached hydrogens (tertiary/aromatic N) is 2. The van der Waals surface area contributed by atoms with Crippen molar-refractivity contribution in [2.24, 2.45) is 5.92 Å². The molecule has 4 aromatic rings. The standard InChI is InChI=1S/C25H25ClN4O2/c1-2-16(11-12-31)22(27)23-21-14-19(15-32-20-10-6-9-18(26)13-20)28-25(21)30-24(29-23)17-7-4-3-5-8-17/h3-10,13-14,16,27,31H,2,11-12,15H2,1H3,(H,28,29,30). The highest BCUT2D eigenvalue weighted by Gasteiger charge is 2.21. The largest absolute Gasteiger partial charge is 0.487 e. The highest BCUT2D eigenvalue weighted by molar-refractivity contribution is 6.30. The highest BCUT2D eigenvalue weighted by atomic mass is 35.5. The first-order chi connectivity index (χ1) is 15.6. The Kier molecular flexibility index (Phi) is 6.83. The summed E-state index contributed by atoms with van der Waals surface area (Å²) < 4.78 is 5.87. The zero-order valence-electron chi connectivity index (χ0n) is 17.8. The molecule has 0 aliphatic heterocycles. The van der Waals surface area contributed by atoms with E-state index in [0.29, 0.717) is 46.7 Å². The normalized spacial score (nSPS) is 12.1. The number of H-pyrrole nitrogens is 1. The number of hydrogen-bond acceptors (Lipinski definition) is 5. The summed E-state index contributed by atoms with van der Waals surface area (Å²) in [6.45, 7) is 2.36. The minimum absolute atomic E-state index is 0.0342. The van der Waals surface area contributed by atoms with E-state index in [2.05, 4.69) is 4.98 Å². The fourth-order valence-corrected chi connectivity index (χ4v) is 3.86. The lowest BCUT2D eigenvalue weighted by atomic mass is 9.93. The van der Waals surface area contributed by atoms with Gasteiger partial charge in [-0.15, -0.1) is 0 Å². The Hall–Kier alpha value is -3.22. The summed E-state index contributed by atoms with van der Waals surface area (Å²) in [5.74, 6) is 1.15. The van der Waals surface area contributed by atoms with Gasteiger partial charge in [0.15, 0.2) is 5.82 Å². The molecule has 0 radical (unpaired) electrons. The summed E-state index contributed by atoms with van der Waals surface area (Å²) in [4.78, 5) is 12.8. The first kappa shape index (κ1) is 22.0. The van der Waals surface area contributed by atoms with E-state index in [-0.39, 0.29) is 12.5 Å². The maximum Gasteiger partial charge on any atom is 0.162 e. The second-order valence-electron chi connectivity index (χ2n) is 7.60. The number of nitrogens with one attached hydrogen (secondary N) is 2. The van der Waals surface area contributed by atoms with Crippen molar-refractivity contribution in [3.05, 3.63) is 77.1 Å². The lowest BCUT2D eigenvalue weighted by molar-refractivity contribution is 0.272. The van der Waals surface area contributed by atoms with Crippen molar-refractivity contribution in [2.75, 3.05) is 6.61 Å². The lowest BCUT2D eigenvalue weighted by Gasteiger charge is -2.16. The molecule has 0 fully saturated rings. The van der Waals surface area contributed by atoms with Crippen LogP contribution in [0.1, 0.15) is 31.2 Å². The van der Waals surface area contributed by atoms with Gasteiger partial charge in [-0.3, -0.25) is 0 Å². The Balaban J connectivity index is 1.74. The number of hydrogen-bond donors (Lipinski definition) is 3. The minimum Gasteiger partial charge on any atom is -0.487 e. The highest BCUT2D eigenvalue weighted by Crippen LogP contribution is 2.27. The molecule has 0 saturated carbocycles. The minimum atomic E-state index is -0.0808. The summed E-state index contributed by atoms with van der Waals surface area (Å²) in [5, 5.41) is 19.7. The summed E-state index contributed by atoms with van der Waals surface area (Å²) in [7, 11) is 0. The molecule has 0 spiro atoms. The molecule has 0 aliphatic rings. The molecule has 2 aromatic carbocycles. The predicted molar refractivity (Wildman–Crippen MR) is 127 cm³/mol. The van der Waals surface area contributed by atoms with E-state index in [0.717, 1.165) is 23.1 Å². The lowest BCUT2D eigenvalue weighted by Crippen LogP contribution is -2.18. The molecular formula is C25H25ClN4O2.